The number of benzene rings is 1. The first-order valence-corrected chi connectivity index (χ1v) is 11.5. The number of hydrogen-bond donors (Lipinski definition) is 1. The second-order valence-corrected chi connectivity index (χ2v) is 8.93. The van der Waals surface area contributed by atoms with Crippen LogP contribution in [0.5, 0.6) is 0 Å². The van der Waals surface area contributed by atoms with E-state index >= 15 is 0 Å². The van der Waals surface area contributed by atoms with Crippen LogP contribution in [-0.4, -0.2) is 74.7 Å². The Bertz CT molecular complexity index is 724. The molecular formula is C23H34FN3O4. The minimum Gasteiger partial charge on any atom is -0.376 e. The zero-order valence-corrected chi connectivity index (χ0v) is 18.5. The lowest BCUT2D eigenvalue weighted by Gasteiger charge is -2.37. The molecule has 3 aliphatic rings. The van der Waals surface area contributed by atoms with E-state index in [1.807, 2.05) is 18.7 Å². The topological polar surface area (TPSA) is 63.3 Å². The molecule has 1 aromatic carbocycles. The van der Waals surface area contributed by atoms with E-state index in [4.69, 9.17) is 14.2 Å². The van der Waals surface area contributed by atoms with E-state index in [0.717, 1.165) is 38.9 Å². The molecule has 0 spiro atoms. The SMILES string of the molecule is C[C@@H]1CN(c2ccc(NC(=O)N(C[C@@H]3CCCO3)C[C@@H]3CCCO3)cc2F)C[C@H](C)O1. The molecule has 1 aromatic rings. The number of rotatable bonds is 6. The molecule has 3 fully saturated rings. The second-order valence-electron chi connectivity index (χ2n) is 8.93. The summed E-state index contributed by atoms with van der Waals surface area (Å²) in [5, 5.41) is 2.87. The minimum absolute atomic E-state index is 0.0479. The first-order valence-electron chi connectivity index (χ1n) is 11.5. The molecule has 0 saturated carbocycles. The molecular weight excluding hydrogens is 401 g/mol. The first-order chi connectivity index (χ1) is 15.0. The van der Waals surface area contributed by atoms with Crippen LogP contribution in [0.1, 0.15) is 39.5 Å². The summed E-state index contributed by atoms with van der Waals surface area (Å²) in [4.78, 5) is 16.8. The summed E-state index contributed by atoms with van der Waals surface area (Å²) in [6.45, 7) is 7.80. The van der Waals surface area contributed by atoms with Gasteiger partial charge in [0, 0.05) is 45.1 Å². The van der Waals surface area contributed by atoms with Crippen molar-refractivity contribution in [2.24, 2.45) is 0 Å². The summed E-state index contributed by atoms with van der Waals surface area (Å²) >= 11 is 0. The van der Waals surface area contributed by atoms with E-state index in [1.165, 1.54) is 6.07 Å². The van der Waals surface area contributed by atoms with Crippen LogP contribution in [0.15, 0.2) is 18.2 Å². The molecule has 2 amide bonds. The molecule has 1 N–H and O–H groups in total. The average molecular weight is 436 g/mol. The molecule has 4 atom stereocenters. The number of halogens is 1. The second kappa shape index (κ2) is 10.1. The molecule has 3 aliphatic heterocycles. The Balaban J connectivity index is 1.41. The molecule has 0 unspecified atom stereocenters. The minimum atomic E-state index is -0.344. The lowest BCUT2D eigenvalue weighted by atomic mass is 10.1. The number of anilines is 2. The van der Waals surface area contributed by atoms with E-state index < -0.39 is 0 Å². The van der Waals surface area contributed by atoms with Gasteiger partial charge in [-0.05, 0) is 57.7 Å². The summed E-state index contributed by atoms with van der Waals surface area (Å²) in [5.41, 5.74) is 0.987. The Morgan fingerprint density at radius 1 is 1.10 bits per heavy atom. The number of nitrogens with one attached hydrogen (secondary N) is 1. The van der Waals surface area contributed by atoms with Crippen molar-refractivity contribution in [1.82, 2.24) is 4.90 Å². The number of hydrogen-bond acceptors (Lipinski definition) is 5. The molecule has 31 heavy (non-hydrogen) atoms. The van der Waals surface area contributed by atoms with Gasteiger partial charge < -0.3 is 29.3 Å². The summed E-state index contributed by atoms with van der Waals surface area (Å²) in [7, 11) is 0. The van der Waals surface area contributed by atoms with E-state index in [9.17, 15) is 9.18 Å². The van der Waals surface area contributed by atoms with Gasteiger partial charge in [-0.2, -0.15) is 0 Å². The molecule has 3 heterocycles. The molecule has 7 nitrogen and oxygen atoms in total. The Morgan fingerprint density at radius 3 is 2.23 bits per heavy atom. The number of urea groups is 1. The van der Waals surface area contributed by atoms with Gasteiger partial charge in [-0.15, -0.1) is 0 Å². The van der Waals surface area contributed by atoms with Gasteiger partial charge in [0.05, 0.1) is 30.1 Å². The third-order valence-electron chi connectivity index (χ3n) is 6.14. The number of amides is 2. The maximum Gasteiger partial charge on any atom is 0.322 e. The fourth-order valence-electron chi connectivity index (χ4n) is 4.73. The summed E-state index contributed by atoms with van der Waals surface area (Å²) < 4.78 is 32.1. The normalized spacial score (nSPS) is 28.7. The van der Waals surface area contributed by atoms with Gasteiger partial charge in [-0.25, -0.2) is 9.18 Å². The molecule has 4 rings (SSSR count). The standard InChI is InChI=1S/C23H34FN3O4/c1-16-12-26(13-17(2)31-16)22-8-7-18(11-21(22)24)25-23(28)27(14-19-5-3-9-29-19)15-20-6-4-10-30-20/h7-8,11,16-17,19-20H,3-6,9-10,12-15H2,1-2H3,(H,25,28)/t16-,17+,19-,20-/m0/s1. The number of carbonyl (C=O) groups is 1. The van der Waals surface area contributed by atoms with E-state index in [-0.39, 0.29) is 36.3 Å². The Hall–Kier alpha value is -1.90. The number of morpholine rings is 1. The van der Waals surface area contributed by atoms with Crippen LogP contribution < -0.4 is 10.2 Å². The fraction of sp³-hybridized carbons (Fsp3) is 0.696. The van der Waals surface area contributed by atoms with Crippen molar-refractivity contribution in [3.05, 3.63) is 24.0 Å². The van der Waals surface area contributed by atoms with Gasteiger partial charge in [0.1, 0.15) is 5.82 Å². The van der Waals surface area contributed by atoms with Crippen LogP contribution in [0.2, 0.25) is 0 Å². The highest BCUT2D eigenvalue weighted by Gasteiger charge is 2.28. The van der Waals surface area contributed by atoms with Gasteiger partial charge in [-0.3, -0.25) is 0 Å². The van der Waals surface area contributed by atoms with E-state index in [1.54, 1.807) is 17.0 Å². The van der Waals surface area contributed by atoms with Crippen molar-refractivity contribution in [3.8, 4) is 0 Å². The van der Waals surface area contributed by atoms with Gasteiger partial charge in [0.25, 0.3) is 0 Å². The molecule has 0 radical (unpaired) electrons. The maximum absolute atomic E-state index is 14.9. The summed E-state index contributed by atoms with van der Waals surface area (Å²) in [6, 6.07) is 4.65. The van der Waals surface area contributed by atoms with Crippen molar-refractivity contribution in [3.63, 3.8) is 0 Å². The smallest absolute Gasteiger partial charge is 0.322 e. The van der Waals surface area contributed by atoms with Crippen molar-refractivity contribution in [1.29, 1.82) is 0 Å². The summed E-state index contributed by atoms with van der Waals surface area (Å²) in [5.74, 6) is -0.344. The van der Waals surface area contributed by atoms with Gasteiger partial charge >= 0.3 is 6.03 Å². The van der Waals surface area contributed by atoms with Crippen LogP contribution in [0.3, 0.4) is 0 Å². The van der Waals surface area contributed by atoms with E-state index in [0.29, 0.717) is 37.6 Å². The number of nitrogens with zero attached hydrogens (tertiary/aromatic N) is 2. The van der Waals surface area contributed by atoms with Crippen LogP contribution >= 0.6 is 0 Å². The van der Waals surface area contributed by atoms with Gasteiger partial charge in [0.15, 0.2) is 0 Å². The Morgan fingerprint density at radius 2 is 1.71 bits per heavy atom. The van der Waals surface area contributed by atoms with Crippen LogP contribution in [0, 0.1) is 5.82 Å². The zero-order valence-electron chi connectivity index (χ0n) is 18.5. The predicted molar refractivity (Wildman–Crippen MR) is 117 cm³/mol. The number of ether oxygens (including phenoxy) is 3. The monoisotopic (exact) mass is 435 g/mol. The zero-order chi connectivity index (χ0) is 21.8. The van der Waals surface area contributed by atoms with E-state index in [2.05, 4.69) is 5.32 Å². The van der Waals surface area contributed by atoms with Gasteiger partial charge in [0.2, 0.25) is 0 Å². The van der Waals surface area contributed by atoms with Crippen LogP contribution in [-0.2, 0) is 14.2 Å². The first kappa shape index (κ1) is 22.3. The highest BCUT2D eigenvalue weighted by Crippen LogP contribution is 2.26. The summed E-state index contributed by atoms with van der Waals surface area (Å²) in [6.07, 6.45) is 4.15. The van der Waals surface area contributed by atoms with Crippen LogP contribution in [0.25, 0.3) is 0 Å². The molecule has 0 aliphatic carbocycles. The highest BCUT2D eigenvalue weighted by atomic mass is 19.1. The van der Waals surface area contributed by atoms with Gasteiger partial charge in [-0.1, -0.05) is 0 Å². The molecule has 172 valence electrons. The number of carbonyl (C=O) groups excluding carboxylic acids is 1. The predicted octanol–water partition coefficient (Wildman–Crippen LogP) is 3.63. The maximum atomic E-state index is 14.9. The lowest BCUT2D eigenvalue weighted by Crippen LogP contribution is -2.46. The Kier molecular flexibility index (Phi) is 7.30. The lowest BCUT2D eigenvalue weighted by molar-refractivity contribution is -0.00539. The van der Waals surface area contributed by atoms with Crippen molar-refractivity contribution in [2.45, 2.75) is 63.9 Å². The average Bonchev–Trinajstić information content (AvgIpc) is 3.41. The molecule has 0 bridgehead atoms. The largest absolute Gasteiger partial charge is 0.376 e. The highest BCUT2D eigenvalue weighted by molar-refractivity contribution is 5.89. The fourth-order valence-corrected chi connectivity index (χ4v) is 4.73. The quantitative estimate of drug-likeness (QED) is 0.739. The third kappa shape index (κ3) is 5.87. The van der Waals surface area contributed by atoms with Crippen molar-refractivity contribution < 1.29 is 23.4 Å². The Labute approximate surface area is 183 Å². The van der Waals surface area contributed by atoms with Crippen molar-refractivity contribution >= 4 is 17.4 Å². The molecule has 8 heteroatoms. The van der Waals surface area contributed by atoms with Crippen molar-refractivity contribution in [2.75, 3.05) is 49.6 Å². The molecule has 0 aromatic heterocycles. The third-order valence-corrected chi connectivity index (χ3v) is 6.14. The molecule has 3 saturated heterocycles. The van der Waals surface area contributed by atoms with Crippen LogP contribution in [0.4, 0.5) is 20.6 Å².